The second-order valence-corrected chi connectivity index (χ2v) is 26.3. The van der Waals surface area contributed by atoms with Crippen LogP contribution in [0.1, 0.15) is 445 Å². The fraction of sp³-hybridized carbons (Fsp3) is 0.935. The number of rotatable bonds is 72. The molecule has 0 amide bonds. The summed E-state index contributed by atoms with van der Waals surface area (Å²) in [5.74, 6) is -0.838. The van der Waals surface area contributed by atoms with Crippen molar-refractivity contribution in [3.63, 3.8) is 0 Å². The standard InChI is InChI=1S/C77H148O6/c1-4-7-10-13-16-19-22-25-28-31-32-33-34-35-36-37-38-39-40-41-42-43-44-45-46-47-50-52-55-58-61-64-67-70-76(79)82-73-74(83-77(80)71-68-65-62-59-56-53-49-30-27-24-21-18-15-12-9-6-3)72-81-75(78)69-66-63-60-57-54-51-48-29-26-23-20-17-14-11-8-5-2/h30,49,74H,4-29,31-48,50-73H2,1-3H3/b49-30-. The predicted octanol–water partition coefficient (Wildman–Crippen LogP) is 26.3. The minimum Gasteiger partial charge on any atom is -0.462 e. The van der Waals surface area contributed by atoms with Gasteiger partial charge in [-0.05, 0) is 44.9 Å². The highest BCUT2D eigenvalue weighted by molar-refractivity contribution is 5.71. The number of carbonyl (C=O) groups is 3. The van der Waals surface area contributed by atoms with Crippen molar-refractivity contribution >= 4 is 17.9 Å². The van der Waals surface area contributed by atoms with E-state index in [2.05, 4.69) is 32.9 Å². The molecule has 0 aromatic rings. The van der Waals surface area contributed by atoms with E-state index >= 15 is 0 Å². The number of hydrogen-bond acceptors (Lipinski definition) is 6. The molecule has 0 bridgehead atoms. The largest absolute Gasteiger partial charge is 0.462 e. The predicted molar refractivity (Wildman–Crippen MR) is 363 cm³/mol. The molecule has 0 radical (unpaired) electrons. The lowest BCUT2D eigenvalue weighted by Gasteiger charge is -2.18. The molecule has 0 saturated heterocycles. The molecule has 0 N–H and O–H groups in total. The SMILES string of the molecule is CCCCCCCCC/C=C\CCCCCCCC(=O)OC(COC(=O)CCCCCCCCCCCCCCCCCC)COC(=O)CCCCCCCCCCCCCCCCCCCCCCCCCCCCCCCCCCC. The van der Waals surface area contributed by atoms with Gasteiger partial charge in [-0.15, -0.1) is 0 Å². The Kier molecular flexibility index (Phi) is 71.0. The maximum absolute atomic E-state index is 12.9. The summed E-state index contributed by atoms with van der Waals surface area (Å²) in [5, 5.41) is 0. The molecule has 0 fully saturated rings. The molecule has 0 aromatic heterocycles. The van der Waals surface area contributed by atoms with Crippen molar-refractivity contribution in [3.8, 4) is 0 Å². The van der Waals surface area contributed by atoms with E-state index in [0.29, 0.717) is 19.3 Å². The lowest BCUT2D eigenvalue weighted by Crippen LogP contribution is -2.30. The minimum absolute atomic E-state index is 0.0664. The molecule has 0 heterocycles. The molecule has 6 heteroatoms. The second-order valence-electron chi connectivity index (χ2n) is 26.3. The van der Waals surface area contributed by atoms with Gasteiger partial charge in [-0.3, -0.25) is 14.4 Å². The first-order chi connectivity index (χ1) is 41.0. The van der Waals surface area contributed by atoms with E-state index in [-0.39, 0.29) is 31.1 Å². The Labute approximate surface area is 520 Å². The Morgan fingerprint density at radius 1 is 0.229 bits per heavy atom. The molecule has 1 unspecified atom stereocenters. The zero-order valence-corrected chi connectivity index (χ0v) is 56.8. The molecule has 0 spiro atoms. The highest BCUT2D eigenvalue weighted by Crippen LogP contribution is 2.20. The van der Waals surface area contributed by atoms with Gasteiger partial charge < -0.3 is 14.2 Å². The van der Waals surface area contributed by atoms with Gasteiger partial charge in [-0.25, -0.2) is 0 Å². The van der Waals surface area contributed by atoms with Crippen LogP contribution in [0.2, 0.25) is 0 Å². The summed E-state index contributed by atoms with van der Waals surface area (Å²) < 4.78 is 17.0. The van der Waals surface area contributed by atoms with Crippen molar-refractivity contribution in [2.45, 2.75) is 451 Å². The van der Waals surface area contributed by atoms with Gasteiger partial charge in [-0.2, -0.15) is 0 Å². The average Bonchev–Trinajstić information content (AvgIpc) is 3.50. The zero-order chi connectivity index (χ0) is 59.9. The van der Waals surface area contributed by atoms with Crippen LogP contribution in [0.3, 0.4) is 0 Å². The fourth-order valence-corrected chi connectivity index (χ4v) is 12.0. The zero-order valence-electron chi connectivity index (χ0n) is 56.8. The number of allylic oxidation sites excluding steroid dienone is 2. The van der Waals surface area contributed by atoms with Crippen molar-refractivity contribution < 1.29 is 28.6 Å². The van der Waals surface area contributed by atoms with Crippen LogP contribution < -0.4 is 0 Å². The third-order valence-corrected chi connectivity index (χ3v) is 17.8. The van der Waals surface area contributed by atoms with Crippen molar-refractivity contribution in [2.24, 2.45) is 0 Å². The van der Waals surface area contributed by atoms with Crippen LogP contribution in [0.5, 0.6) is 0 Å². The minimum atomic E-state index is -0.771. The van der Waals surface area contributed by atoms with Crippen molar-refractivity contribution in [2.75, 3.05) is 13.2 Å². The fourth-order valence-electron chi connectivity index (χ4n) is 12.0. The molecular formula is C77H148O6. The molecule has 1 atom stereocenters. The second kappa shape index (κ2) is 72.6. The van der Waals surface area contributed by atoms with Crippen molar-refractivity contribution in [1.82, 2.24) is 0 Å². The van der Waals surface area contributed by atoms with Gasteiger partial charge in [0.1, 0.15) is 13.2 Å². The normalized spacial score (nSPS) is 12.0. The van der Waals surface area contributed by atoms with Gasteiger partial charge in [0.05, 0.1) is 0 Å². The van der Waals surface area contributed by atoms with Gasteiger partial charge in [0.2, 0.25) is 0 Å². The molecule has 0 aliphatic heterocycles. The van der Waals surface area contributed by atoms with Crippen LogP contribution in [0.15, 0.2) is 12.2 Å². The lowest BCUT2D eigenvalue weighted by atomic mass is 10.0. The highest BCUT2D eigenvalue weighted by Gasteiger charge is 2.20. The van der Waals surface area contributed by atoms with Crippen LogP contribution in [0.25, 0.3) is 0 Å². The molecule has 0 aromatic carbocycles. The van der Waals surface area contributed by atoms with Gasteiger partial charge in [0, 0.05) is 19.3 Å². The Bertz CT molecular complexity index is 1300. The molecule has 0 aliphatic rings. The van der Waals surface area contributed by atoms with Crippen molar-refractivity contribution in [3.05, 3.63) is 12.2 Å². The average molecular weight is 1170 g/mol. The molecular weight excluding hydrogens is 1020 g/mol. The molecule has 83 heavy (non-hydrogen) atoms. The molecule has 6 nitrogen and oxygen atoms in total. The van der Waals surface area contributed by atoms with Crippen molar-refractivity contribution in [1.29, 1.82) is 0 Å². The summed E-state index contributed by atoms with van der Waals surface area (Å²) >= 11 is 0. The smallest absolute Gasteiger partial charge is 0.306 e. The van der Waals surface area contributed by atoms with Crippen LogP contribution >= 0.6 is 0 Å². The maximum atomic E-state index is 12.9. The van der Waals surface area contributed by atoms with Gasteiger partial charge in [0.25, 0.3) is 0 Å². The van der Waals surface area contributed by atoms with Crippen LogP contribution in [0.4, 0.5) is 0 Å². The third-order valence-electron chi connectivity index (χ3n) is 17.8. The van der Waals surface area contributed by atoms with Gasteiger partial charge >= 0.3 is 17.9 Å². The monoisotopic (exact) mass is 1170 g/mol. The first kappa shape index (κ1) is 81.2. The summed E-state index contributed by atoms with van der Waals surface area (Å²) in [6.07, 6.45) is 88.5. The number of ether oxygens (including phenoxy) is 3. The summed E-state index contributed by atoms with van der Waals surface area (Å²) in [6, 6.07) is 0. The topological polar surface area (TPSA) is 78.9 Å². The molecule has 0 aliphatic carbocycles. The van der Waals surface area contributed by atoms with E-state index in [0.717, 1.165) is 64.2 Å². The quantitative estimate of drug-likeness (QED) is 0.0261. The molecule has 492 valence electrons. The summed E-state index contributed by atoms with van der Waals surface area (Å²) in [5.41, 5.74) is 0. The summed E-state index contributed by atoms with van der Waals surface area (Å²) in [4.78, 5) is 38.5. The summed E-state index contributed by atoms with van der Waals surface area (Å²) in [6.45, 7) is 6.73. The molecule has 0 saturated carbocycles. The Hall–Kier alpha value is -1.85. The lowest BCUT2D eigenvalue weighted by molar-refractivity contribution is -0.167. The first-order valence-corrected chi connectivity index (χ1v) is 38.2. The Morgan fingerprint density at radius 3 is 0.602 bits per heavy atom. The van der Waals surface area contributed by atoms with E-state index in [1.54, 1.807) is 0 Å². The highest BCUT2D eigenvalue weighted by atomic mass is 16.6. The van der Waals surface area contributed by atoms with E-state index < -0.39 is 6.10 Å². The number of carbonyl (C=O) groups excluding carboxylic acids is 3. The number of hydrogen-bond donors (Lipinski definition) is 0. The van der Waals surface area contributed by atoms with Gasteiger partial charge in [0.15, 0.2) is 6.10 Å². The van der Waals surface area contributed by atoms with Crippen LogP contribution in [0, 0.1) is 0 Å². The Morgan fingerprint density at radius 2 is 0.398 bits per heavy atom. The maximum Gasteiger partial charge on any atom is 0.306 e. The Balaban J connectivity index is 4.10. The number of unbranched alkanes of at least 4 members (excludes halogenated alkanes) is 59. The summed E-state index contributed by atoms with van der Waals surface area (Å²) in [7, 11) is 0. The van der Waals surface area contributed by atoms with E-state index in [4.69, 9.17) is 14.2 Å². The third kappa shape index (κ3) is 70.8. The van der Waals surface area contributed by atoms with Gasteiger partial charge in [-0.1, -0.05) is 392 Å². The molecule has 0 rings (SSSR count). The first-order valence-electron chi connectivity index (χ1n) is 38.2. The van der Waals surface area contributed by atoms with Crippen LogP contribution in [-0.2, 0) is 28.6 Å². The van der Waals surface area contributed by atoms with Crippen LogP contribution in [-0.4, -0.2) is 37.2 Å². The van der Waals surface area contributed by atoms with E-state index in [9.17, 15) is 14.4 Å². The number of esters is 3. The van der Waals surface area contributed by atoms with E-state index in [1.807, 2.05) is 0 Å². The van der Waals surface area contributed by atoms with E-state index in [1.165, 1.54) is 340 Å².